The molecule has 3 aromatic rings. The van der Waals surface area contributed by atoms with Crippen LogP contribution in [0.5, 0.6) is 5.75 Å². The largest absolute Gasteiger partial charge is 0.484 e. The van der Waals surface area contributed by atoms with E-state index in [1.165, 1.54) is 0 Å². The summed E-state index contributed by atoms with van der Waals surface area (Å²) in [5.41, 5.74) is 1.93. The molecule has 3 rings (SSSR count). The van der Waals surface area contributed by atoms with Gasteiger partial charge in [-0.05, 0) is 48.5 Å². The molecule has 6 nitrogen and oxygen atoms in total. The number of ether oxygens (including phenoxy) is 1. The molecule has 27 heavy (non-hydrogen) atoms. The molecule has 0 atom stereocenters. The van der Waals surface area contributed by atoms with Crippen LogP contribution in [0.3, 0.4) is 0 Å². The van der Waals surface area contributed by atoms with Crippen LogP contribution >= 0.6 is 11.6 Å². The number of nitrogens with zero attached hydrogens (tertiary/aromatic N) is 2. The lowest BCUT2D eigenvalue weighted by atomic mass is 10.2. The van der Waals surface area contributed by atoms with Crippen LogP contribution in [0, 0.1) is 11.3 Å². The van der Waals surface area contributed by atoms with E-state index in [2.05, 4.69) is 21.7 Å². The number of halogens is 1. The summed E-state index contributed by atoms with van der Waals surface area (Å²) >= 11 is 5.80. The van der Waals surface area contributed by atoms with Gasteiger partial charge in [0.2, 0.25) is 0 Å². The first-order chi connectivity index (χ1) is 13.1. The van der Waals surface area contributed by atoms with E-state index in [0.717, 1.165) is 0 Å². The second-order valence-electron chi connectivity index (χ2n) is 5.51. The van der Waals surface area contributed by atoms with Crippen molar-refractivity contribution in [1.29, 1.82) is 5.26 Å². The van der Waals surface area contributed by atoms with Crippen LogP contribution in [-0.4, -0.2) is 17.5 Å². The molecule has 0 spiro atoms. The van der Waals surface area contributed by atoms with Crippen LogP contribution in [0.1, 0.15) is 5.56 Å². The standard InChI is InChI=1S/C20H15ClN4O2/c21-15-5-8-17(9-6-15)27-13-20(26)25-19-10-7-16(12-23-19)24-18-4-2-1-3-14(18)11-22/h1-10,12,24H,13H2,(H,23,25,26). The first-order valence-corrected chi connectivity index (χ1v) is 8.42. The number of anilines is 3. The Bertz CT molecular complexity index is 967. The van der Waals surface area contributed by atoms with Crippen molar-refractivity contribution in [1.82, 2.24) is 4.98 Å². The molecule has 0 fully saturated rings. The number of carbonyl (C=O) groups is 1. The van der Waals surface area contributed by atoms with Gasteiger partial charge in [-0.1, -0.05) is 23.7 Å². The van der Waals surface area contributed by atoms with Crippen molar-refractivity contribution < 1.29 is 9.53 Å². The molecule has 0 saturated carbocycles. The van der Waals surface area contributed by atoms with E-state index in [9.17, 15) is 4.79 Å². The smallest absolute Gasteiger partial charge is 0.263 e. The molecule has 0 bridgehead atoms. The third kappa shape index (κ3) is 5.21. The predicted octanol–water partition coefficient (Wildman–Crippen LogP) is 4.37. The monoisotopic (exact) mass is 378 g/mol. The minimum Gasteiger partial charge on any atom is -0.484 e. The van der Waals surface area contributed by atoms with Gasteiger partial charge in [0, 0.05) is 5.02 Å². The molecular formula is C20H15ClN4O2. The normalized spacial score (nSPS) is 9.93. The van der Waals surface area contributed by atoms with Crippen LogP contribution in [0.25, 0.3) is 0 Å². The summed E-state index contributed by atoms with van der Waals surface area (Å²) in [5, 5.41) is 15.5. The van der Waals surface area contributed by atoms with Gasteiger partial charge in [0.15, 0.2) is 6.61 Å². The van der Waals surface area contributed by atoms with Gasteiger partial charge >= 0.3 is 0 Å². The number of hydrogen-bond acceptors (Lipinski definition) is 5. The molecule has 2 N–H and O–H groups in total. The second-order valence-corrected chi connectivity index (χ2v) is 5.94. The number of para-hydroxylation sites is 1. The third-order valence-corrected chi connectivity index (χ3v) is 3.79. The summed E-state index contributed by atoms with van der Waals surface area (Å²) < 4.78 is 5.38. The first kappa shape index (κ1) is 18.2. The van der Waals surface area contributed by atoms with Gasteiger partial charge in [-0.3, -0.25) is 4.79 Å². The average Bonchev–Trinajstić information content (AvgIpc) is 2.69. The maximum Gasteiger partial charge on any atom is 0.263 e. The van der Waals surface area contributed by atoms with Gasteiger partial charge in [-0.2, -0.15) is 5.26 Å². The molecule has 134 valence electrons. The van der Waals surface area contributed by atoms with E-state index in [1.54, 1.807) is 54.7 Å². The Kier molecular flexibility index (Phi) is 5.87. The number of rotatable bonds is 6. The maximum atomic E-state index is 12.0. The zero-order chi connectivity index (χ0) is 19.1. The molecule has 0 aliphatic heterocycles. The summed E-state index contributed by atoms with van der Waals surface area (Å²) in [6.45, 7) is -0.140. The SMILES string of the molecule is N#Cc1ccccc1Nc1ccc(NC(=O)COc2ccc(Cl)cc2)nc1. The Morgan fingerprint density at radius 2 is 1.89 bits per heavy atom. The van der Waals surface area contributed by atoms with E-state index in [1.807, 2.05) is 12.1 Å². The van der Waals surface area contributed by atoms with Crippen LogP contribution in [0.15, 0.2) is 66.9 Å². The minimum atomic E-state index is -0.326. The molecule has 0 aliphatic carbocycles. The highest BCUT2D eigenvalue weighted by molar-refractivity contribution is 6.30. The van der Waals surface area contributed by atoms with E-state index in [0.29, 0.717) is 33.5 Å². The summed E-state index contributed by atoms with van der Waals surface area (Å²) in [6.07, 6.45) is 1.57. The highest BCUT2D eigenvalue weighted by Gasteiger charge is 2.06. The van der Waals surface area contributed by atoms with Crippen LogP contribution in [0.4, 0.5) is 17.2 Å². The van der Waals surface area contributed by atoms with Crippen molar-refractivity contribution in [3.8, 4) is 11.8 Å². The van der Waals surface area contributed by atoms with E-state index >= 15 is 0 Å². The Hall–Kier alpha value is -3.56. The molecule has 0 aliphatic rings. The van der Waals surface area contributed by atoms with Crippen LogP contribution in [-0.2, 0) is 4.79 Å². The minimum absolute atomic E-state index is 0.140. The number of hydrogen-bond donors (Lipinski definition) is 2. The summed E-state index contributed by atoms with van der Waals surface area (Å²) in [5.74, 6) is 0.630. The van der Waals surface area contributed by atoms with Crippen molar-refractivity contribution in [3.05, 3.63) is 77.4 Å². The van der Waals surface area contributed by atoms with E-state index < -0.39 is 0 Å². The number of amides is 1. The molecule has 2 aromatic carbocycles. The van der Waals surface area contributed by atoms with Crippen molar-refractivity contribution in [2.24, 2.45) is 0 Å². The fourth-order valence-electron chi connectivity index (χ4n) is 2.25. The van der Waals surface area contributed by atoms with Crippen LogP contribution < -0.4 is 15.4 Å². The van der Waals surface area contributed by atoms with Gasteiger partial charge in [0.05, 0.1) is 23.1 Å². The zero-order valence-electron chi connectivity index (χ0n) is 14.1. The molecule has 0 radical (unpaired) electrons. The summed E-state index contributed by atoms with van der Waals surface area (Å²) in [6, 6.07) is 19.5. The average molecular weight is 379 g/mol. The number of benzene rings is 2. The molecular weight excluding hydrogens is 364 g/mol. The zero-order valence-corrected chi connectivity index (χ0v) is 14.9. The molecule has 1 heterocycles. The lowest BCUT2D eigenvalue weighted by molar-refractivity contribution is -0.118. The fourth-order valence-corrected chi connectivity index (χ4v) is 2.37. The topological polar surface area (TPSA) is 87.0 Å². The van der Waals surface area contributed by atoms with Gasteiger partial charge in [0.1, 0.15) is 17.6 Å². The van der Waals surface area contributed by atoms with Crippen molar-refractivity contribution in [2.45, 2.75) is 0 Å². The number of nitrogens with one attached hydrogen (secondary N) is 2. The van der Waals surface area contributed by atoms with Gasteiger partial charge in [-0.25, -0.2) is 4.98 Å². The summed E-state index contributed by atoms with van der Waals surface area (Å²) in [4.78, 5) is 16.1. The Morgan fingerprint density at radius 1 is 1.11 bits per heavy atom. The highest BCUT2D eigenvalue weighted by Crippen LogP contribution is 2.20. The molecule has 7 heteroatoms. The predicted molar refractivity (Wildman–Crippen MR) is 104 cm³/mol. The maximum absolute atomic E-state index is 12.0. The number of nitriles is 1. The summed E-state index contributed by atoms with van der Waals surface area (Å²) in [7, 11) is 0. The van der Waals surface area contributed by atoms with E-state index in [-0.39, 0.29) is 12.5 Å². The van der Waals surface area contributed by atoms with Gasteiger partial charge < -0.3 is 15.4 Å². The molecule has 0 saturated heterocycles. The highest BCUT2D eigenvalue weighted by atomic mass is 35.5. The molecule has 0 unspecified atom stereocenters. The van der Waals surface area contributed by atoms with E-state index in [4.69, 9.17) is 21.6 Å². The van der Waals surface area contributed by atoms with Crippen molar-refractivity contribution in [3.63, 3.8) is 0 Å². The number of pyridine rings is 1. The fraction of sp³-hybridized carbons (Fsp3) is 0.0500. The first-order valence-electron chi connectivity index (χ1n) is 8.04. The van der Waals surface area contributed by atoms with Gasteiger partial charge in [-0.15, -0.1) is 0 Å². The lowest BCUT2D eigenvalue weighted by Gasteiger charge is -2.09. The Morgan fingerprint density at radius 3 is 2.59 bits per heavy atom. The van der Waals surface area contributed by atoms with Crippen molar-refractivity contribution in [2.75, 3.05) is 17.2 Å². The Balaban J connectivity index is 1.55. The Labute approximate surface area is 161 Å². The van der Waals surface area contributed by atoms with Crippen LogP contribution in [0.2, 0.25) is 5.02 Å². The molecule has 1 aromatic heterocycles. The van der Waals surface area contributed by atoms with Gasteiger partial charge in [0.25, 0.3) is 5.91 Å². The third-order valence-electron chi connectivity index (χ3n) is 3.54. The molecule has 1 amide bonds. The second kappa shape index (κ2) is 8.70. The quantitative estimate of drug-likeness (QED) is 0.665. The number of carbonyl (C=O) groups excluding carboxylic acids is 1. The lowest BCUT2D eigenvalue weighted by Crippen LogP contribution is -2.20. The van der Waals surface area contributed by atoms with Crippen molar-refractivity contribution >= 4 is 34.7 Å². The number of aromatic nitrogens is 1.